The first-order valence-electron chi connectivity index (χ1n) is 15.9. The van der Waals surface area contributed by atoms with Crippen LogP contribution < -0.4 is 14.2 Å². The van der Waals surface area contributed by atoms with E-state index in [1.165, 1.54) is 43.5 Å². The maximum atomic E-state index is 12.6. The second kappa shape index (κ2) is 13.8. The highest BCUT2D eigenvalue weighted by atomic mass is 32.1. The van der Waals surface area contributed by atoms with Crippen LogP contribution >= 0.6 is 11.3 Å². The van der Waals surface area contributed by atoms with E-state index in [4.69, 9.17) is 14.2 Å². The van der Waals surface area contributed by atoms with Gasteiger partial charge in [0.1, 0.15) is 23.9 Å². The highest BCUT2D eigenvalue weighted by molar-refractivity contribution is 7.22. The van der Waals surface area contributed by atoms with Crippen molar-refractivity contribution in [1.29, 1.82) is 0 Å². The van der Waals surface area contributed by atoms with E-state index >= 15 is 0 Å². The van der Waals surface area contributed by atoms with Gasteiger partial charge in [0.05, 0.1) is 10.8 Å². The van der Waals surface area contributed by atoms with Crippen molar-refractivity contribution in [3.05, 3.63) is 77.9 Å². The molecule has 1 saturated heterocycles. The number of nitrogens with zero attached hydrogens (tertiary/aromatic N) is 1. The lowest BCUT2D eigenvalue weighted by Gasteiger charge is -2.26. The fourth-order valence-corrected chi connectivity index (χ4v) is 6.44. The van der Waals surface area contributed by atoms with Crippen LogP contribution in [0, 0.1) is 10.8 Å². The molecule has 4 aromatic rings. The second-order valence-corrected chi connectivity index (χ2v) is 15.0. The molecule has 7 heteroatoms. The quantitative estimate of drug-likeness (QED) is 0.136. The first kappa shape index (κ1) is 32.7. The van der Waals surface area contributed by atoms with Crippen LogP contribution in [0.25, 0.3) is 20.5 Å². The number of fused-ring (bicyclic) bond motifs is 1. The number of benzene rings is 3. The third-order valence-corrected chi connectivity index (χ3v) is 9.20. The van der Waals surface area contributed by atoms with Crippen LogP contribution in [0.15, 0.2) is 66.7 Å². The standard InChI is InChI=1S/C38H45NO5S/c1-37(2,3)35(40)43-29-16-12-27(13-17-29)34-32(31-19-18-30(25-33(31)45-34)44-36(41)38(4,5)6)24-26-10-14-28(15-11-26)42-23-22-39-20-8-7-9-21-39/h10-19,25H,7-9,20-24H2,1-6H3. The lowest BCUT2D eigenvalue weighted by Crippen LogP contribution is -2.33. The molecular formula is C38H45NO5S. The van der Waals surface area contributed by atoms with Gasteiger partial charge >= 0.3 is 11.9 Å². The van der Waals surface area contributed by atoms with Crippen molar-refractivity contribution in [2.45, 2.75) is 67.2 Å². The number of esters is 2. The minimum atomic E-state index is -0.595. The van der Waals surface area contributed by atoms with Crippen molar-refractivity contribution < 1.29 is 23.8 Å². The number of carbonyl (C=O) groups excluding carboxylic acids is 2. The van der Waals surface area contributed by atoms with Gasteiger partial charge in [-0.1, -0.05) is 18.6 Å². The Morgan fingerprint density at radius 3 is 1.93 bits per heavy atom. The van der Waals surface area contributed by atoms with Gasteiger partial charge in [-0.15, -0.1) is 11.3 Å². The molecule has 6 nitrogen and oxygen atoms in total. The summed E-state index contributed by atoms with van der Waals surface area (Å²) in [5, 5.41) is 1.12. The normalized spacial score (nSPS) is 14.4. The summed E-state index contributed by atoms with van der Waals surface area (Å²) in [4.78, 5) is 28.6. The Labute approximate surface area is 271 Å². The van der Waals surface area contributed by atoms with E-state index in [9.17, 15) is 9.59 Å². The van der Waals surface area contributed by atoms with Gasteiger partial charge < -0.3 is 14.2 Å². The maximum Gasteiger partial charge on any atom is 0.316 e. The summed E-state index contributed by atoms with van der Waals surface area (Å²) in [7, 11) is 0. The van der Waals surface area contributed by atoms with E-state index in [0.29, 0.717) is 18.1 Å². The average Bonchev–Trinajstić information content (AvgIpc) is 3.35. The summed E-state index contributed by atoms with van der Waals surface area (Å²) < 4.78 is 18.5. The van der Waals surface area contributed by atoms with Crippen molar-refractivity contribution in [2.75, 3.05) is 26.2 Å². The molecule has 5 rings (SSSR count). The minimum absolute atomic E-state index is 0.266. The van der Waals surface area contributed by atoms with Crippen LogP contribution in [0.4, 0.5) is 0 Å². The fraction of sp³-hybridized carbons (Fsp3) is 0.421. The van der Waals surface area contributed by atoms with Gasteiger partial charge in [-0.05, 0) is 151 Å². The Balaban J connectivity index is 1.39. The molecule has 0 bridgehead atoms. The fourth-order valence-electron chi connectivity index (χ4n) is 5.18. The third kappa shape index (κ3) is 8.53. The molecule has 0 atom stereocenters. The summed E-state index contributed by atoms with van der Waals surface area (Å²) in [6.45, 7) is 15.1. The van der Waals surface area contributed by atoms with Crippen molar-refractivity contribution in [2.24, 2.45) is 10.8 Å². The zero-order valence-electron chi connectivity index (χ0n) is 27.4. The molecule has 1 aliphatic heterocycles. The second-order valence-electron chi connectivity index (χ2n) is 13.9. The highest BCUT2D eigenvalue weighted by Gasteiger charge is 2.25. The topological polar surface area (TPSA) is 65.1 Å². The SMILES string of the molecule is CC(C)(C)C(=O)Oc1ccc(-c2sc3cc(OC(=O)C(C)(C)C)ccc3c2Cc2ccc(OCCN3CCCCC3)cc2)cc1. The monoisotopic (exact) mass is 627 g/mol. The Hall–Kier alpha value is -3.68. The smallest absolute Gasteiger partial charge is 0.316 e. The molecule has 0 unspecified atom stereocenters. The van der Waals surface area contributed by atoms with Crippen LogP contribution in [0.2, 0.25) is 0 Å². The van der Waals surface area contributed by atoms with Crippen molar-refractivity contribution >= 4 is 33.4 Å². The number of ether oxygens (including phenoxy) is 3. The molecule has 3 aromatic carbocycles. The van der Waals surface area contributed by atoms with E-state index in [2.05, 4.69) is 29.2 Å². The van der Waals surface area contributed by atoms with Gasteiger partial charge in [-0.2, -0.15) is 0 Å². The molecule has 2 heterocycles. The predicted molar refractivity (Wildman–Crippen MR) is 182 cm³/mol. The van der Waals surface area contributed by atoms with Gasteiger partial charge in [0.2, 0.25) is 0 Å². The molecule has 0 N–H and O–H groups in total. The third-order valence-electron chi connectivity index (χ3n) is 7.96. The zero-order valence-corrected chi connectivity index (χ0v) is 28.2. The Bertz CT molecular complexity index is 1620. The van der Waals surface area contributed by atoms with E-state index in [1.807, 2.05) is 84.0 Å². The molecule has 1 aliphatic rings. The largest absolute Gasteiger partial charge is 0.492 e. The zero-order chi connectivity index (χ0) is 32.2. The number of thiophene rings is 1. The van der Waals surface area contributed by atoms with Gasteiger partial charge in [0, 0.05) is 16.1 Å². The number of piperidine rings is 1. The first-order valence-corrected chi connectivity index (χ1v) is 16.7. The van der Waals surface area contributed by atoms with E-state index in [-0.39, 0.29) is 11.9 Å². The van der Waals surface area contributed by atoms with Crippen LogP contribution in [-0.4, -0.2) is 43.1 Å². The van der Waals surface area contributed by atoms with Crippen LogP contribution in [0.1, 0.15) is 71.9 Å². The van der Waals surface area contributed by atoms with E-state index in [1.54, 1.807) is 11.3 Å². The Morgan fingerprint density at radius 2 is 1.31 bits per heavy atom. The predicted octanol–water partition coefficient (Wildman–Crippen LogP) is 8.93. The lowest BCUT2D eigenvalue weighted by atomic mass is 9.97. The van der Waals surface area contributed by atoms with Crippen LogP contribution in [-0.2, 0) is 16.0 Å². The number of hydrogen-bond donors (Lipinski definition) is 0. The molecule has 0 amide bonds. The highest BCUT2D eigenvalue weighted by Crippen LogP contribution is 2.42. The van der Waals surface area contributed by atoms with Crippen LogP contribution in [0.3, 0.4) is 0 Å². The molecule has 45 heavy (non-hydrogen) atoms. The molecule has 0 saturated carbocycles. The summed E-state index contributed by atoms with van der Waals surface area (Å²) >= 11 is 1.67. The molecule has 1 fully saturated rings. The van der Waals surface area contributed by atoms with Gasteiger partial charge in [-0.3, -0.25) is 14.5 Å². The summed E-state index contributed by atoms with van der Waals surface area (Å²) in [5.74, 6) is 1.41. The summed E-state index contributed by atoms with van der Waals surface area (Å²) in [6.07, 6.45) is 4.63. The number of rotatable bonds is 9. The van der Waals surface area contributed by atoms with Gasteiger partial charge in [0.25, 0.3) is 0 Å². The maximum absolute atomic E-state index is 12.6. The molecule has 0 spiro atoms. The van der Waals surface area contributed by atoms with Gasteiger partial charge in [0.15, 0.2) is 0 Å². The minimum Gasteiger partial charge on any atom is -0.492 e. The number of hydrogen-bond acceptors (Lipinski definition) is 7. The molecule has 1 aromatic heterocycles. The average molecular weight is 628 g/mol. The van der Waals surface area contributed by atoms with Crippen LogP contribution in [0.5, 0.6) is 17.2 Å². The summed E-state index contributed by atoms with van der Waals surface area (Å²) in [6, 6.07) is 22.0. The first-order chi connectivity index (χ1) is 21.4. The Morgan fingerprint density at radius 1 is 0.733 bits per heavy atom. The molecular weight excluding hydrogens is 582 g/mol. The molecule has 0 aliphatic carbocycles. The van der Waals surface area contributed by atoms with Crippen molar-refractivity contribution in [1.82, 2.24) is 4.90 Å². The molecule has 0 radical (unpaired) electrons. The lowest BCUT2D eigenvalue weighted by molar-refractivity contribution is -0.143. The van der Waals surface area contributed by atoms with Gasteiger partial charge in [-0.25, -0.2) is 0 Å². The molecule has 238 valence electrons. The van der Waals surface area contributed by atoms with Crippen molar-refractivity contribution in [3.8, 4) is 27.7 Å². The van der Waals surface area contributed by atoms with E-state index in [0.717, 1.165) is 39.2 Å². The van der Waals surface area contributed by atoms with E-state index < -0.39 is 10.8 Å². The Kier molecular flexibility index (Phi) is 10.00. The number of carbonyl (C=O) groups is 2. The summed E-state index contributed by atoms with van der Waals surface area (Å²) in [5.41, 5.74) is 2.23. The van der Waals surface area contributed by atoms with Crippen molar-refractivity contribution in [3.63, 3.8) is 0 Å². The number of likely N-dealkylation sites (tertiary alicyclic amines) is 1.